The zero-order valence-electron chi connectivity index (χ0n) is 14.0. The molecular weight excluding hydrogens is 296 g/mol. The molecule has 0 spiro atoms. The number of carbonyl (C=O) groups excluding carboxylic acids is 1. The van der Waals surface area contributed by atoms with Crippen LogP contribution in [0.2, 0.25) is 0 Å². The van der Waals surface area contributed by atoms with Gasteiger partial charge in [0.2, 0.25) is 5.91 Å². The average molecular weight is 320 g/mol. The summed E-state index contributed by atoms with van der Waals surface area (Å²) in [5, 5.41) is 0. The third-order valence-corrected chi connectivity index (χ3v) is 5.23. The molecule has 0 aromatic heterocycles. The first kappa shape index (κ1) is 15.4. The molecule has 124 valence electrons. The summed E-state index contributed by atoms with van der Waals surface area (Å²) >= 11 is 0. The first-order valence-corrected chi connectivity index (χ1v) is 9.03. The minimum absolute atomic E-state index is 0.153. The van der Waals surface area contributed by atoms with E-state index in [1.807, 2.05) is 29.2 Å². The second-order valence-electron chi connectivity index (χ2n) is 6.78. The first-order chi connectivity index (χ1) is 11.8. The maximum absolute atomic E-state index is 13.5. The second kappa shape index (κ2) is 6.78. The summed E-state index contributed by atoms with van der Waals surface area (Å²) in [6, 6.07) is 18.5. The van der Waals surface area contributed by atoms with Gasteiger partial charge in [0.05, 0.1) is 0 Å². The fourth-order valence-electron chi connectivity index (χ4n) is 4.05. The Labute approximate surface area is 143 Å². The van der Waals surface area contributed by atoms with Crippen LogP contribution in [0.25, 0.3) is 0 Å². The predicted octanol–water partition coefficient (Wildman–Crippen LogP) is 3.80. The Hall–Kier alpha value is -2.13. The summed E-state index contributed by atoms with van der Waals surface area (Å²) in [7, 11) is 0. The number of carbonyl (C=O) groups is 1. The number of benzene rings is 2. The highest BCUT2D eigenvalue weighted by atomic mass is 16.2. The van der Waals surface area contributed by atoms with E-state index in [-0.39, 0.29) is 11.9 Å². The van der Waals surface area contributed by atoms with Crippen molar-refractivity contribution in [2.45, 2.75) is 31.7 Å². The number of hydrogen-bond acceptors (Lipinski definition) is 2. The van der Waals surface area contributed by atoms with Crippen molar-refractivity contribution in [1.29, 1.82) is 0 Å². The number of rotatable bonds is 3. The van der Waals surface area contributed by atoms with Crippen LogP contribution in [0.1, 0.15) is 36.4 Å². The molecule has 1 saturated heterocycles. The van der Waals surface area contributed by atoms with Crippen molar-refractivity contribution in [3.63, 3.8) is 0 Å². The van der Waals surface area contributed by atoms with E-state index in [1.54, 1.807) is 0 Å². The Morgan fingerprint density at radius 2 is 1.54 bits per heavy atom. The number of nitrogens with zero attached hydrogens (tertiary/aromatic N) is 2. The van der Waals surface area contributed by atoms with Crippen LogP contribution in [0.3, 0.4) is 0 Å². The molecular formula is C21H24N2O. The van der Waals surface area contributed by atoms with Crippen molar-refractivity contribution in [1.82, 2.24) is 4.90 Å². The maximum Gasteiger partial charge on any atom is 0.248 e. The summed E-state index contributed by atoms with van der Waals surface area (Å²) in [5.41, 5.74) is 3.52. The lowest BCUT2D eigenvalue weighted by Crippen LogP contribution is -2.44. The molecule has 3 heteroatoms. The van der Waals surface area contributed by atoms with Gasteiger partial charge < -0.3 is 4.90 Å². The number of para-hydroxylation sites is 1. The summed E-state index contributed by atoms with van der Waals surface area (Å²) in [6.45, 7) is 2.86. The van der Waals surface area contributed by atoms with E-state index in [0.29, 0.717) is 0 Å². The maximum atomic E-state index is 13.5. The van der Waals surface area contributed by atoms with Crippen molar-refractivity contribution < 1.29 is 4.79 Å². The Balaban J connectivity index is 1.70. The van der Waals surface area contributed by atoms with Crippen LogP contribution >= 0.6 is 0 Å². The topological polar surface area (TPSA) is 23.6 Å². The van der Waals surface area contributed by atoms with Gasteiger partial charge in [-0.1, -0.05) is 48.5 Å². The van der Waals surface area contributed by atoms with Gasteiger partial charge in [0, 0.05) is 12.2 Å². The summed E-state index contributed by atoms with van der Waals surface area (Å²) in [5.74, 6) is 0.232. The third kappa shape index (κ3) is 2.84. The van der Waals surface area contributed by atoms with E-state index in [2.05, 4.69) is 35.2 Å². The number of aryl methyl sites for hydroxylation is 1. The van der Waals surface area contributed by atoms with E-state index in [9.17, 15) is 4.79 Å². The quantitative estimate of drug-likeness (QED) is 0.859. The molecule has 2 heterocycles. The van der Waals surface area contributed by atoms with Crippen LogP contribution in [0, 0.1) is 0 Å². The van der Waals surface area contributed by atoms with Gasteiger partial charge in [0.15, 0.2) is 0 Å². The van der Waals surface area contributed by atoms with Crippen molar-refractivity contribution in [2.75, 3.05) is 24.5 Å². The number of hydrogen-bond donors (Lipinski definition) is 0. The lowest BCUT2D eigenvalue weighted by Gasteiger charge is -2.35. The first-order valence-electron chi connectivity index (χ1n) is 9.03. The molecule has 2 aliphatic heterocycles. The zero-order chi connectivity index (χ0) is 16.4. The normalized spacial score (nSPS) is 19.1. The SMILES string of the molecule is O=C(C(c1ccccc1)N1CCCC1)N1CCCc2ccccc21. The third-order valence-electron chi connectivity index (χ3n) is 5.23. The standard InChI is InChI=1S/C21H24N2O/c24-21(23-16-8-12-17-9-4-5-13-19(17)23)20(22-14-6-7-15-22)18-10-2-1-3-11-18/h1-5,9-11,13,20H,6-8,12,14-16H2. The van der Waals surface area contributed by atoms with Crippen LogP contribution in [0.15, 0.2) is 54.6 Å². The van der Waals surface area contributed by atoms with Gasteiger partial charge in [0.25, 0.3) is 0 Å². The highest BCUT2D eigenvalue weighted by Gasteiger charge is 2.34. The summed E-state index contributed by atoms with van der Waals surface area (Å²) < 4.78 is 0. The van der Waals surface area contributed by atoms with Crippen molar-refractivity contribution in [2.24, 2.45) is 0 Å². The van der Waals surface area contributed by atoms with Crippen LogP contribution < -0.4 is 4.90 Å². The van der Waals surface area contributed by atoms with E-state index in [4.69, 9.17) is 0 Å². The fraction of sp³-hybridized carbons (Fsp3) is 0.381. The van der Waals surface area contributed by atoms with Crippen molar-refractivity contribution in [3.8, 4) is 0 Å². The summed E-state index contributed by atoms with van der Waals surface area (Å²) in [6.07, 6.45) is 4.49. The molecule has 2 aromatic rings. The monoisotopic (exact) mass is 320 g/mol. The molecule has 0 radical (unpaired) electrons. The van der Waals surface area contributed by atoms with Crippen LogP contribution in [0.4, 0.5) is 5.69 Å². The summed E-state index contributed by atoms with van der Waals surface area (Å²) in [4.78, 5) is 17.9. The van der Waals surface area contributed by atoms with E-state index >= 15 is 0 Å². The highest BCUT2D eigenvalue weighted by Crippen LogP contribution is 2.33. The van der Waals surface area contributed by atoms with E-state index in [0.717, 1.165) is 43.7 Å². The number of anilines is 1. The van der Waals surface area contributed by atoms with E-state index in [1.165, 1.54) is 18.4 Å². The lowest BCUT2D eigenvalue weighted by molar-refractivity contribution is -0.123. The molecule has 1 fully saturated rings. The molecule has 0 aliphatic carbocycles. The zero-order valence-corrected chi connectivity index (χ0v) is 14.0. The molecule has 0 saturated carbocycles. The Morgan fingerprint density at radius 3 is 2.33 bits per heavy atom. The largest absolute Gasteiger partial charge is 0.310 e. The molecule has 0 N–H and O–H groups in total. The van der Waals surface area contributed by atoms with Crippen molar-refractivity contribution in [3.05, 3.63) is 65.7 Å². The van der Waals surface area contributed by atoms with Gasteiger partial charge in [-0.05, 0) is 56.0 Å². The van der Waals surface area contributed by atoms with E-state index < -0.39 is 0 Å². The van der Waals surface area contributed by atoms with Gasteiger partial charge >= 0.3 is 0 Å². The fourth-order valence-corrected chi connectivity index (χ4v) is 4.05. The number of amides is 1. The molecule has 2 aromatic carbocycles. The molecule has 1 amide bonds. The average Bonchev–Trinajstić information content (AvgIpc) is 3.16. The second-order valence-corrected chi connectivity index (χ2v) is 6.78. The smallest absolute Gasteiger partial charge is 0.248 e. The van der Waals surface area contributed by atoms with Gasteiger partial charge in [-0.25, -0.2) is 0 Å². The highest BCUT2D eigenvalue weighted by molar-refractivity contribution is 5.98. The molecule has 1 unspecified atom stereocenters. The minimum Gasteiger partial charge on any atom is -0.310 e. The Kier molecular flexibility index (Phi) is 4.35. The Bertz CT molecular complexity index is 707. The van der Waals surface area contributed by atoms with Crippen molar-refractivity contribution >= 4 is 11.6 Å². The number of likely N-dealkylation sites (tertiary alicyclic amines) is 1. The Morgan fingerprint density at radius 1 is 0.833 bits per heavy atom. The van der Waals surface area contributed by atoms with Gasteiger partial charge in [-0.2, -0.15) is 0 Å². The molecule has 2 aliphatic rings. The minimum atomic E-state index is -0.153. The van der Waals surface area contributed by atoms with Gasteiger partial charge in [-0.3, -0.25) is 9.69 Å². The molecule has 4 rings (SSSR count). The van der Waals surface area contributed by atoms with Gasteiger partial charge in [-0.15, -0.1) is 0 Å². The molecule has 24 heavy (non-hydrogen) atoms. The van der Waals surface area contributed by atoms with Crippen LogP contribution in [-0.4, -0.2) is 30.4 Å². The van der Waals surface area contributed by atoms with Crippen LogP contribution in [-0.2, 0) is 11.2 Å². The molecule has 3 nitrogen and oxygen atoms in total. The lowest BCUT2D eigenvalue weighted by atomic mass is 9.98. The van der Waals surface area contributed by atoms with Gasteiger partial charge in [0.1, 0.15) is 6.04 Å². The molecule has 0 bridgehead atoms. The number of fused-ring (bicyclic) bond motifs is 1. The van der Waals surface area contributed by atoms with Crippen LogP contribution in [0.5, 0.6) is 0 Å². The predicted molar refractivity (Wildman–Crippen MR) is 97.1 cm³/mol. The molecule has 1 atom stereocenters.